The van der Waals surface area contributed by atoms with Gasteiger partial charge in [-0.2, -0.15) is 0 Å². The molecule has 0 radical (unpaired) electrons. The van der Waals surface area contributed by atoms with E-state index in [1.54, 1.807) is 28.4 Å². The smallest absolute Gasteiger partial charge is 0.423 e. The lowest BCUT2D eigenvalue weighted by molar-refractivity contribution is 0.0790. The molecule has 47 heavy (non-hydrogen) atoms. The molecule has 4 unspecified atom stereocenters. The zero-order valence-corrected chi connectivity index (χ0v) is 24.5. The van der Waals surface area contributed by atoms with Gasteiger partial charge in [0.15, 0.2) is 0 Å². The molecule has 0 bridgehead atoms. The van der Waals surface area contributed by atoms with E-state index in [9.17, 15) is 17.6 Å². The maximum absolute atomic E-state index is 13.2. The van der Waals surface area contributed by atoms with Crippen LogP contribution in [0.4, 0.5) is 41.1 Å². The molecule has 2 aliphatic carbocycles. The van der Waals surface area contributed by atoms with Gasteiger partial charge in [-0.1, -0.05) is 19.0 Å². The highest BCUT2D eigenvalue weighted by molar-refractivity contribution is 6.58. The fourth-order valence-electron chi connectivity index (χ4n) is 5.46. The summed E-state index contributed by atoms with van der Waals surface area (Å²) in [5.74, 6) is -5.75. The number of rotatable bonds is 4. The highest BCUT2D eigenvalue weighted by atomic mass is 35.5. The number of nitrogen functional groups attached to an aromatic ring is 2. The number of fused-ring (bicyclic) bond motifs is 2. The van der Waals surface area contributed by atoms with E-state index in [1.165, 1.54) is 31.0 Å². The molecular weight excluding hydrogens is 647 g/mol. The molecule has 2 saturated heterocycles. The van der Waals surface area contributed by atoms with Crippen molar-refractivity contribution in [2.75, 3.05) is 47.4 Å². The van der Waals surface area contributed by atoms with Gasteiger partial charge in [-0.15, -0.1) is 0 Å². The van der Waals surface area contributed by atoms with Gasteiger partial charge >= 0.3 is 7.12 Å². The lowest BCUT2D eigenvalue weighted by atomic mass is 9.83. The molecule has 8 rings (SSSR count). The van der Waals surface area contributed by atoms with Gasteiger partial charge in [-0.05, 0) is 0 Å². The Morgan fingerprint density at radius 1 is 0.681 bits per heavy atom. The van der Waals surface area contributed by atoms with Crippen molar-refractivity contribution in [3.63, 3.8) is 0 Å². The van der Waals surface area contributed by atoms with E-state index in [0.29, 0.717) is 53.0 Å². The monoisotopic (exact) mass is 676 g/mol. The second-order valence-electron chi connectivity index (χ2n) is 11.1. The van der Waals surface area contributed by atoms with Crippen LogP contribution in [0, 0.1) is 23.7 Å². The standard InChI is InChI=1S/C13H12F2N6.C9H10BF2N3O2.C4H4ClN3.CH4/c14-13(15)8-5-21(6-9(8)13)12-18-1-7(2-19-12)10-3-17-4-11(16)20-10;11-9(12)6-3-15(4-7(6)9)8-13-1-5(2-14-8)10(16)17;5-3-1-7-2-4(6)8-3;/h1-4,8-9H,5-6H2,(H2,16,20);1-2,6-7,16-17H,3-4H2;1-2H,(H2,6,8);1H4. The van der Waals surface area contributed by atoms with Crippen molar-refractivity contribution in [3.05, 3.63) is 54.7 Å². The molecule has 20 heteroatoms. The first-order valence-electron chi connectivity index (χ1n) is 13.9. The number of anilines is 4. The van der Waals surface area contributed by atoms with Crippen molar-refractivity contribution >= 4 is 47.7 Å². The molecule has 4 aliphatic rings. The molecule has 0 spiro atoms. The number of alkyl halides is 4. The number of hydrogen-bond donors (Lipinski definition) is 4. The number of halogens is 5. The van der Waals surface area contributed by atoms with Crippen LogP contribution in [0.1, 0.15) is 7.43 Å². The summed E-state index contributed by atoms with van der Waals surface area (Å²) >= 11 is 5.39. The molecule has 4 atom stereocenters. The van der Waals surface area contributed by atoms with E-state index in [1.807, 2.05) is 0 Å². The van der Waals surface area contributed by atoms with Gasteiger partial charge in [0, 0.05) is 62.0 Å². The highest BCUT2D eigenvalue weighted by Gasteiger charge is 2.72. The third-order valence-corrected chi connectivity index (χ3v) is 8.31. The predicted octanol–water partition coefficient (Wildman–Crippen LogP) is 1.42. The topological polar surface area (TPSA) is 202 Å². The normalized spacial score (nSPS) is 23.6. The third-order valence-electron chi connectivity index (χ3n) is 8.13. The van der Waals surface area contributed by atoms with Gasteiger partial charge in [-0.25, -0.2) is 47.5 Å². The van der Waals surface area contributed by atoms with Crippen molar-refractivity contribution in [1.29, 1.82) is 0 Å². The van der Waals surface area contributed by atoms with E-state index in [-0.39, 0.29) is 26.0 Å². The maximum Gasteiger partial charge on any atom is 0.491 e. The summed E-state index contributed by atoms with van der Waals surface area (Å²) in [5.41, 5.74) is 12.2. The van der Waals surface area contributed by atoms with E-state index in [4.69, 9.17) is 33.1 Å². The zero-order chi connectivity index (χ0) is 32.8. The van der Waals surface area contributed by atoms with Crippen LogP contribution in [0.15, 0.2) is 49.6 Å². The zero-order valence-electron chi connectivity index (χ0n) is 23.7. The Hall–Kier alpha value is -4.49. The first kappa shape index (κ1) is 33.9. The lowest BCUT2D eigenvalue weighted by Gasteiger charge is -2.19. The molecule has 6 heterocycles. The van der Waals surface area contributed by atoms with Crippen LogP contribution in [0.3, 0.4) is 0 Å². The second-order valence-corrected chi connectivity index (χ2v) is 11.5. The predicted molar refractivity (Wildman–Crippen MR) is 166 cm³/mol. The largest absolute Gasteiger partial charge is 0.491 e. The first-order chi connectivity index (χ1) is 21.8. The van der Waals surface area contributed by atoms with Crippen LogP contribution >= 0.6 is 11.6 Å². The average Bonchev–Trinajstić information content (AvgIpc) is 3.48. The third kappa shape index (κ3) is 7.11. The summed E-state index contributed by atoms with van der Waals surface area (Å²) in [4.78, 5) is 35.2. The van der Waals surface area contributed by atoms with E-state index >= 15 is 0 Å². The first-order valence-corrected chi connectivity index (χ1v) is 14.3. The molecule has 6 N–H and O–H groups in total. The second kappa shape index (κ2) is 13.0. The summed E-state index contributed by atoms with van der Waals surface area (Å²) in [5, 5.41) is 18.0. The number of hydrogen-bond acceptors (Lipinski definition) is 14. The van der Waals surface area contributed by atoms with Crippen LogP contribution < -0.4 is 26.7 Å². The number of nitrogens with zero attached hydrogens (tertiary/aromatic N) is 10. The number of nitrogens with two attached hydrogens (primary N) is 2. The van der Waals surface area contributed by atoms with Crippen LogP contribution in [0.25, 0.3) is 11.3 Å². The summed E-state index contributed by atoms with van der Waals surface area (Å²) in [7, 11) is -1.61. The molecule has 4 aromatic heterocycles. The van der Waals surface area contributed by atoms with E-state index < -0.39 is 42.6 Å². The van der Waals surface area contributed by atoms with Gasteiger partial charge in [0.25, 0.3) is 11.8 Å². The molecule has 2 aliphatic heterocycles. The SMILES string of the molecule is C.Nc1cncc(-c2cnc(N3CC4C(C3)C4(F)F)nc2)n1.Nc1cncc(Cl)n1.OB(O)c1cnc(N2CC3C(C2)C3(F)F)nc1. The Morgan fingerprint density at radius 2 is 1.11 bits per heavy atom. The minimum Gasteiger partial charge on any atom is -0.423 e. The fourth-order valence-corrected chi connectivity index (χ4v) is 5.62. The van der Waals surface area contributed by atoms with Crippen molar-refractivity contribution in [3.8, 4) is 11.3 Å². The lowest BCUT2D eigenvalue weighted by Crippen LogP contribution is -2.33. The van der Waals surface area contributed by atoms with Crippen molar-refractivity contribution in [2.45, 2.75) is 19.3 Å². The number of aromatic nitrogens is 8. The molecule has 248 valence electrons. The Bertz CT molecular complexity index is 1650. The summed E-state index contributed by atoms with van der Waals surface area (Å²) in [6, 6.07) is 0. The van der Waals surface area contributed by atoms with Crippen LogP contribution in [-0.2, 0) is 0 Å². The summed E-state index contributed by atoms with van der Waals surface area (Å²) < 4.78 is 52.3. The summed E-state index contributed by atoms with van der Waals surface area (Å²) in [6.07, 6.45) is 11.7. The molecule has 4 aromatic rings. The Morgan fingerprint density at radius 3 is 1.49 bits per heavy atom. The highest BCUT2D eigenvalue weighted by Crippen LogP contribution is 2.60. The summed E-state index contributed by atoms with van der Waals surface area (Å²) in [6.45, 7) is 1.15. The van der Waals surface area contributed by atoms with Crippen molar-refractivity contribution < 1.29 is 27.6 Å². The van der Waals surface area contributed by atoms with Gasteiger partial charge in [-0.3, -0.25) is 9.97 Å². The fraction of sp³-hybridized carbons (Fsp3) is 0.407. The van der Waals surface area contributed by atoms with Gasteiger partial charge in [0.2, 0.25) is 11.9 Å². The molecular formula is C27H30BClF4N12O2. The average molecular weight is 677 g/mol. The Balaban J connectivity index is 0.000000150. The minimum atomic E-state index is -2.52. The van der Waals surface area contributed by atoms with Gasteiger partial charge in [0.05, 0.1) is 54.2 Å². The van der Waals surface area contributed by atoms with Crippen LogP contribution in [0.5, 0.6) is 0 Å². The molecule has 14 nitrogen and oxygen atoms in total. The minimum absolute atomic E-state index is 0. The van der Waals surface area contributed by atoms with Crippen LogP contribution in [-0.4, -0.2) is 95.1 Å². The molecule has 0 aromatic carbocycles. The Kier molecular flexibility index (Phi) is 9.34. The molecule has 4 fully saturated rings. The van der Waals surface area contributed by atoms with Gasteiger partial charge < -0.3 is 31.3 Å². The van der Waals surface area contributed by atoms with Gasteiger partial charge in [0.1, 0.15) is 16.8 Å². The quantitative estimate of drug-likeness (QED) is 0.179. The Labute approximate surface area is 271 Å². The molecule has 2 saturated carbocycles. The van der Waals surface area contributed by atoms with Crippen LogP contribution in [0.2, 0.25) is 5.15 Å². The number of piperidine rings is 2. The van der Waals surface area contributed by atoms with E-state index in [0.717, 1.165) is 0 Å². The molecule has 0 amide bonds. The maximum atomic E-state index is 13.2. The van der Waals surface area contributed by atoms with Crippen molar-refractivity contribution in [1.82, 2.24) is 39.9 Å². The van der Waals surface area contributed by atoms with E-state index in [2.05, 4.69) is 39.9 Å². The van der Waals surface area contributed by atoms with Crippen molar-refractivity contribution in [2.24, 2.45) is 23.7 Å².